The molecule has 1 aromatic heterocycles. The maximum absolute atomic E-state index is 8.72. The van der Waals surface area contributed by atoms with Crippen LogP contribution in [0.2, 0.25) is 5.02 Å². The average molecular weight is 188 g/mol. The predicted molar refractivity (Wildman–Crippen MR) is 50.3 cm³/mol. The van der Waals surface area contributed by atoms with Gasteiger partial charge in [0.2, 0.25) is 0 Å². The van der Waals surface area contributed by atoms with E-state index in [4.69, 9.17) is 16.9 Å². The van der Waals surface area contributed by atoms with E-state index in [9.17, 15) is 0 Å². The minimum Gasteiger partial charge on any atom is -0.246 e. The molecule has 2 nitrogen and oxygen atoms in total. The van der Waals surface area contributed by atoms with E-state index >= 15 is 0 Å². The average Bonchev–Trinajstić information content (AvgIpc) is 2.17. The van der Waals surface area contributed by atoms with Gasteiger partial charge in [-0.3, -0.25) is 0 Å². The van der Waals surface area contributed by atoms with Crippen LogP contribution >= 0.6 is 11.6 Å². The van der Waals surface area contributed by atoms with Crippen molar-refractivity contribution >= 4 is 22.5 Å². The van der Waals surface area contributed by atoms with Crippen molar-refractivity contribution in [1.29, 1.82) is 5.26 Å². The Morgan fingerprint density at radius 2 is 2.31 bits per heavy atom. The Morgan fingerprint density at radius 1 is 1.46 bits per heavy atom. The predicted octanol–water partition coefficient (Wildman–Crippen LogP) is 2.56. The van der Waals surface area contributed by atoms with Crippen molar-refractivity contribution in [3.05, 3.63) is 41.0 Å². The molecule has 0 aliphatic heterocycles. The Morgan fingerprint density at radius 3 is 3.08 bits per heavy atom. The largest absolute Gasteiger partial charge is 0.246 e. The highest BCUT2D eigenvalue weighted by Crippen LogP contribution is 2.21. The number of nitrogens with zero attached hydrogens (tertiary/aromatic N) is 2. The summed E-state index contributed by atoms with van der Waals surface area (Å²) in [6, 6.07) is 8.96. The van der Waals surface area contributed by atoms with Gasteiger partial charge in [-0.2, -0.15) is 5.26 Å². The first-order chi connectivity index (χ1) is 6.31. The van der Waals surface area contributed by atoms with Crippen LogP contribution in [0, 0.1) is 17.5 Å². The van der Waals surface area contributed by atoms with E-state index < -0.39 is 0 Å². The van der Waals surface area contributed by atoms with Gasteiger partial charge in [0.25, 0.3) is 0 Å². The lowest BCUT2D eigenvalue weighted by molar-refractivity contribution is 1.39. The summed E-state index contributed by atoms with van der Waals surface area (Å²) in [7, 11) is 0. The summed E-state index contributed by atoms with van der Waals surface area (Å²) in [5.41, 5.74) is 1.23. The zero-order valence-electron chi connectivity index (χ0n) is 6.58. The molecule has 0 bridgehead atoms. The third-order valence-corrected chi connectivity index (χ3v) is 2.07. The molecular formula is C10H4ClN2. The molecule has 0 aliphatic carbocycles. The van der Waals surface area contributed by atoms with Crippen molar-refractivity contribution in [1.82, 2.24) is 4.98 Å². The van der Waals surface area contributed by atoms with Crippen LogP contribution in [0.3, 0.4) is 0 Å². The molecular weight excluding hydrogens is 184 g/mol. The minimum atomic E-state index is 0.433. The van der Waals surface area contributed by atoms with Gasteiger partial charge in [-0.25, -0.2) is 4.98 Å². The lowest BCUT2D eigenvalue weighted by Crippen LogP contribution is -1.81. The third kappa shape index (κ3) is 1.34. The van der Waals surface area contributed by atoms with Crippen molar-refractivity contribution in [2.45, 2.75) is 0 Å². The molecule has 3 heteroatoms. The Hall–Kier alpha value is -1.59. The van der Waals surface area contributed by atoms with Crippen LogP contribution in [-0.2, 0) is 0 Å². The highest BCUT2D eigenvalue weighted by molar-refractivity contribution is 6.32. The summed E-state index contributed by atoms with van der Waals surface area (Å²) in [5, 5.41) is 10.1. The molecule has 1 aromatic carbocycles. The summed E-state index contributed by atoms with van der Waals surface area (Å²) >= 11 is 5.83. The maximum Gasteiger partial charge on any atom is 0.101 e. The molecule has 0 saturated carbocycles. The van der Waals surface area contributed by atoms with E-state index in [1.165, 1.54) is 0 Å². The lowest BCUT2D eigenvalue weighted by Gasteiger charge is -1.98. The third-order valence-electron chi connectivity index (χ3n) is 1.76. The first kappa shape index (κ1) is 8.03. The number of hydrogen-bond donors (Lipinski definition) is 0. The molecule has 0 amide bonds. The van der Waals surface area contributed by atoms with E-state index in [2.05, 4.69) is 11.2 Å². The van der Waals surface area contributed by atoms with Gasteiger partial charge in [-0.1, -0.05) is 17.7 Å². The fourth-order valence-electron chi connectivity index (χ4n) is 1.13. The van der Waals surface area contributed by atoms with Gasteiger partial charge >= 0.3 is 0 Å². The first-order valence-corrected chi connectivity index (χ1v) is 4.05. The van der Waals surface area contributed by atoms with E-state index in [0.29, 0.717) is 10.6 Å². The Labute approximate surface area is 80.4 Å². The zero-order chi connectivity index (χ0) is 9.26. The quantitative estimate of drug-likeness (QED) is 0.636. The summed E-state index contributed by atoms with van der Waals surface area (Å²) in [4.78, 5) is 4.00. The Bertz CT molecular complexity index is 500. The van der Waals surface area contributed by atoms with Crippen molar-refractivity contribution in [3.8, 4) is 6.07 Å². The normalized spacial score (nSPS) is 9.85. The summed E-state index contributed by atoms with van der Waals surface area (Å²) in [6.07, 6.45) is 2.71. The van der Waals surface area contributed by atoms with Crippen LogP contribution in [-0.4, -0.2) is 4.98 Å². The number of pyridine rings is 1. The fraction of sp³-hybridized carbons (Fsp3) is 0. The second-order valence-electron chi connectivity index (χ2n) is 2.58. The highest BCUT2D eigenvalue weighted by Gasteiger charge is 2.01. The van der Waals surface area contributed by atoms with Gasteiger partial charge in [-0.05, 0) is 18.2 Å². The fourth-order valence-corrected chi connectivity index (χ4v) is 1.33. The molecule has 0 saturated heterocycles. The number of nitriles is 1. The van der Waals surface area contributed by atoms with Crippen molar-refractivity contribution in [3.63, 3.8) is 0 Å². The molecule has 0 aliphatic rings. The second kappa shape index (κ2) is 3.04. The van der Waals surface area contributed by atoms with Gasteiger partial charge in [0.05, 0.1) is 22.3 Å². The topological polar surface area (TPSA) is 36.7 Å². The van der Waals surface area contributed by atoms with Crippen molar-refractivity contribution < 1.29 is 0 Å². The molecule has 13 heavy (non-hydrogen) atoms. The number of aromatic nitrogens is 1. The van der Waals surface area contributed by atoms with E-state index in [1.54, 1.807) is 18.2 Å². The smallest absolute Gasteiger partial charge is 0.101 e. The first-order valence-electron chi connectivity index (χ1n) is 3.68. The lowest BCUT2D eigenvalue weighted by atomic mass is 10.1. The zero-order valence-corrected chi connectivity index (χ0v) is 7.34. The van der Waals surface area contributed by atoms with Gasteiger partial charge in [0, 0.05) is 5.39 Å². The molecule has 0 fully saturated rings. The second-order valence-corrected chi connectivity index (χ2v) is 2.98. The summed E-state index contributed by atoms with van der Waals surface area (Å²) in [5.74, 6) is 0. The SMILES string of the molecule is N#Cc1cc2cc[c]nc2cc1Cl. The van der Waals surface area contributed by atoms with Crippen LogP contribution in [0.25, 0.3) is 10.9 Å². The van der Waals surface area contributed by atoms with Gasteiger partial charge < -0.3 is 0 Å². The van der Waals surface area contributed by atoms with Gasteiger partial charge in [-0.15, -0.1) is 0 Å². The molecule has 0 unspecified atom stereocenters. The Kier molecular flexibility index (Phi) is 1.88. The van der Waals surface area contributed by atoms with Crippen molar-refractivity contribution in [2.75, 3.05) is 0 Å². The van der Waals surface area contributed by atoms with E-state index in [1.807, 2.05) is 12.1 Å². The number of halogens is 1. The van der Waals surface area contributed by atoms with Crippen LogP contribution in [0.1, 0.15) is 5.56 Å². The van der Waals surface area contributed by atoms with E-state index in [-0.39, 0.29) is 0 Å². The Balaban J connectivity index is 2.83. The molecule has 0 N–H and O–H groups in total. The standard InChI is InChI=1S/C10H4ClN2/c11-9-5-10-7(2-1-3-13-10)4-8(9)6-12/h1-2,4-5H. The molecule has 0 atom stereocenters. The highest BCUT2D eigenvalue weighted by atomic mass is 35.5. The van der Waals surface area contributed by atoms with Crippen LogP contribution in [0.15, 0.2) is 24.3 Å². The number of fused-ring (bicyclic) bond motifs is 1. The number of benzene rings is 1. The molecule has 1 heterocycles. The molecule has 2 aromatic rings. The van der Waals surface area contributed by atoms with Crippen LogP contribution in [0.5, 0.6) is 0 Å². The maximum atomic E-state index is 8.72. The summed E-state index contributed by atoms with van der Waals surface area (Å²) < 4.78 is 0. The molecule has 61 valence electrons. The molecule has 2 rings (SSSR count). The van der Waals surface area contributed by atoms with Crippen molar-refractivity contribution in [2.24, 2.45) is 0 Å². The number of hydrogen-bond acceptors (Lipinski definition) is 2. The van der Waals surface area contributed by atoms with E-state index in [0.717, 1.165) is 10.9 Å². The minimum absolute atomic E-state index is 0.433. The summed E-state index contributed by atoms with van der Waals surface area (Å²) in [6.45, 7) is 0. The van der Waals surface area contributed by atoms with Crippen LogP contribution < -0.4 is 0 Å². The monoisotopic (exact) mass is 187 g/mol. The number of rotatable bonds is 0. The van der Waals surface area contributed by atoms with Gasteiger partial charge in [0.1, 0.15) is 6.07 Å². The molecule has 0 spiro atoms. The van der Waals surface area contributed by atoms with Gasteiger partial charge in [0.15, 0.2) is 0 Å². The van der Waals surface area contributed by atoms with Crippen LogP contribution in [0.4, 0.5) is 0 Å². The molecule has 1 radical (unpaired) electrons.